The van der Waals surface area contributed by atoms with E-state index in [-0.39, 0.29) is 5.91 Å². The van der Waals surface area contributed by atoms with E-state index >= 15 is 0 Å². The molecule has 1 fully saturated rings. The average molecular weight is 328 g/mol. The van der Waals surface area contributed by atoms with Gasteiger partial charge in [0.05, 0.1) is 11.4 Å². The minimum Gasteiger partial charge on any atom is -0.382 e. The van der Waals surface area contributed by atoms with E-state index in [4.69, 9.17) is 5.73 Å². The molecule has 1 aliphatic heterocycles. The first kappa shape index (κ1) is 16.4. The highest BCUT2D eigenvalue weighted by Gasteiger charge is 2.24. The number of carbonyl (C=O) groups is 1. The van der Waals surface area contributed by atoms with E-state index < -0.39 is 0 Å². The smallest absolute Gasteiger partial charge is 0.224 e. The number of rotatable bonds is 5. The minimum absolute atomic E-state index is 0.194. The summed E-state index contributed by atoms with van der Waals surface area (Å²) in [6.07, 6.45) is 8.58. The number of likely N-dealkylation sites (tertiary alicyclic amines) is 1. The highest BCUT2D eigenvalue weighted by molar-refractivity contribution is 5.76. The fourth-order valence-corrected chi connectivity index (χ4v) is 3.22. The van der Waals surface area contributed by atoms with Crippen molar-refractivity contribution in [1.29, 1.82) is 0 Å². The van der Waals surface area contributed by atoms with Gasteiger partial charge in [0.15, 0.2) is 0 Å². The van der Waals surface area contributed by atoms with Gasteiger partial charge in [-0.2, -0.15) is 5.10 Å². The Kier molecular flexibility index (Phi) is 5.08. The summed E-state index contributed by atoms with van der Waals surface area (Å²) >= 11 is 0. The maximum Gasteiger partial charge on any atom is 0.224 e. The van der Waals surface area contributed by atoms with Crippen molar-refractivity contribution in [1.82, 2.24) is 24.6 Å². The summed E-state index contributed by atoms with van der Waals surface area (Å²) < 4.78 is 1.83. The Labute approximate surface area is 141 Å². The van der Waals surface area contributed by atoms with E-state index in [2.05, 4.69) is 15.1 Å². The van der Waals surface area contributed by atoms with Gasteiger partial charge in [0.1, 0.15) is 5.82 Å². The van der Waals surface area contributed by atoms with E-state index in [9.17, 15) is 4.79 Å². The second kappa shape index (κ2) is 7.42. The van der Waals surface area contributed by atoms with Crippen molar-refractivity contribution in [3.8, 4) is 0 Å². The van der Waals surface area contributed by atoms with E-state index in [0.29, 0.717) is 24.7 Å². The number of nitrogen functional groups attached to an aromatic ring is 1. The Morgan fingerprint density at radius 2 is 2.21 bits per heavy atom. The third-order valence-electron chi connectivity index (χ3n) is 4.49. The van der Waals surface area contributed by atoms with Crippen molar-refractivity contribution >= 4 is 11.7 Å². The Morgan fingerprint density at radius 1 is 1.38 bits per heavy atom. The summed E-state index contributed by atoms with van der Waals surface area (Å²) in [6, 6.07) is 1.95. The molecule has 0 radical (unpaired) electrons. The molecule has 7 heteroatoms. The van der Waals surface area contributed by atoms with Gasteiger partial charge in [-0.3, -0.25) is 14.5 Å². The van der Waals surface area contributed by atoms with Gasteiger partial charge in [0, 0.05) is 44.6 Å². The topological polar surface area (TPSA) is 89.9 Å². The number of hydrogen-bond acceptors (Lipinski definition) is 5. The summed E-state index contributed by atoms with van der Waals surface area (Å²) in [5.41, 5.74) is 7.69. The van der Waals surface area contributed by atoms with Crippen LogP contribution in [0.1, 0.15) is 30.7 Å². The van der Waals surface area contributed by atoms with E-state index in [1.807, 2.05) is 28.8 Å². The first-order chi connectivity index (χ1) is 11.6. The van der Waals surface area contributed by atoms with Crippen LogP contribution in [-0.4, -0.2) is 43.6 Å². The van der Waals surface area contributed by atoms with E-state index in [0.717, 1.165) is 43.7 Å². The van der Waals surface area contributed by atoms with Crippen LogP contribution < -0.4 is 5.73 Å². The van der Waals surface area contributed by atoms with Crippen molar-refractivity contribution in [2.24, 2.45) is 5.92 Å². The first-order valence-electron chi connectivity index (χ1n) is 8.45. The summed E-state index contributed by atoms with van der Waals surface area (Å²) in [5.74, 6) is 1.09. The second-order valence-electron chi connectivity index (χ2n) is 6.41. The fraction of sp³-hybridized carbons (Fsp3) is 0.529. The molecule has 0 bridgehead atoms. The van der Waals surface area contributed by atoms with Crippen molar-refractivity contribution in [3.63, 3.8) is 0 Å². The minimum atomic E-state index is 0.194. The molecule has 1 unspecified atom stereocenters. The molecule has 0 saturated carbocycles. The zero-order chi connectivity index (χ0) is 16.9. The molecule has 3 heterocycles. The Morgan fingerprint density at radius 3 is 2.96 bits per heavy atom. The third-order valence-corrected chi connectivity index (χ3v) is 4.49. The molecule has 1 saturated heterocycles. The van der Waals surface area contributed by atoms with Crippen LogP contribution >= 0.6 is 0 Å². The van der Waals surface area contributed by atoms with Crippen molar-refractivity contribution < 1.29 is 4.79 Å². The van der Waals surface area contributed by atoms with Gasteiger partial charge in [0.25, 0.3) is 0 Å². The van der Waals surface area contributed by atoms with Crippen LogP contribution in [0.2, 0.25) is 0 Å². The highest BCUT2D eigenvalue weighted by Crippen LogP contribution is 2.22. The van der Waals surface area contributed by atoms with Gasteiger partial charge in [-0.25, -0.2) is 4.98 Å². The number of anilines is 1. The Balaban J connectivity index is 1.53. The molecule has 128 valence electrons. The lowest BCUT2D eigenvalue weighted by atomic mass is 9.93. The van der Waals surface area contributed by atoms with Gasteiger partial charge in [-0.15, -0.1) is 0 Å². The van der Waals surface area contributed by atoms with Crippen LogP contribution in [0.4, 0.5) is 5.82 Å². The maximum atomic E-state index is 12.5. The van der Waals surface area contributed by atoms with Gasteiger partial charge < -0.3 is 10.6 Å². The second-order valence-corrected chi connectivity index (χ2v) is 6.41. The standard InChI is InChI=1S/C17H24N6O/c1-13-4-9-23(21-13)10-5-16(24)22-8-2-3-14(12-22)11-15-17(18)20-7-6-19-15/h4,6-7,9,14H,2-3,5,8,10-12H2,1H3,(H2,18,20). The van der Waals surface area contributed by atoms with Gasteiger partial charge in [-0.1, -0.05) is 0 Å². The van der Waals surface area contributed by atoms with Gasteiger partial charge >= 0.3 is 0 Å². The van der Waals surface area contributed by atoms with Crippen LogP contribution in [0, 0.1) is 12.8 Å². The normalized spacial score (nSPS) is 17.9. The van der Waals surface area contributed by atoms with Gasteiger partial charge in [0.2, 0.25) is 5.91 Å². The molecule has 2 aromatic heterocycles. The van der Waals surface area contributed by atoms with Crippen LogP contribution in [0.3, 0.4) is 0 Å². The van der Waals surface area contributed by atoms with E-state index in [1.165, 1.54) is 0 Å². The number of carbonyl (C=O) groups excluding carboxylic acids is 1. The molecule has 0 aromatic carbocycles. The molecular weight excluding hydrogens is 304 g/mol. The van der Waals surface area contributed by atoms with Crippen LogP contribution in [-0.2, 0) is 17.8 Å². The Bertz CT molecular complexity index is 698. The predicted molar refractivity (Wildman–Crippen MR) is 91.0 cm³/mol. The molecule has 0 spiro atoms. The summed E-state index contributed by atoms with van der Waals surface area (Å²) in [4.78, 5) is 22.9. The largest absolute Gasteiger partial charge is 0.382 e. The van der Waals surface area contributed by atoms with Gasteiger partial charge in [-0.05, 0) is 38.2 Å². The lowest BCUT2D eigenvalue weighted by Gasteiger charge is -2.33. The molecule has 2 aromatic rings. The average Bonchev–Trinajstić information content (AvgIpc) is 3.00. The fourth-order valence-electron chi connectivity index (χ4n) is 3.22. The molecule has 1 atom stereocenters. The number of nitrogens with zero attached hydrogens (tertiary/aromatic N) is 5. The quantitative estimate of drug-likeness (QED) is 0.897. The SMILES string of the molecule is Cc1ccn(CCC(=O)N2CCCC(Cc3nccnc3N)C2)n1. The van der Waals surface area contributed by atoms with Crippen molar-refractivity contribution in [2.45, 2.75) is 39.2 Å². The van der Waals surface area contributed by atoms with Crippen LogP contribution in [0.15, 0.2) is 24.7 Å². The molecule has 1 amide bonds. The lowest BCUT2D eigenvalue weighted by Crippen LogP contribution is -2.41. The van der Waals surface area contributed by atoms with Crippen molar-refractivity contribution in [2.75, 3.05) is 18.8 Å². The monoisotopic (exact) mass is 328 g/mol. The van der Waals surface area contributed by atoms with E-state index in [1.54, 1.807) is 12.4 Å². The summed E-state index contributed by atoms with van der Waals surface area (Å²) in [5, 5.41) is 4.33. The Hall–Kier alpha value is -2.44. The number of hydrogen-bond donors (Lipinski definition) is 1. The summed E-state index contributed by atoms with van der Waals surface area (Å²) in [6.45, 7) is 4.19. The molecular formula is C17H24N6O. The predicted octanol–water partition coefficient (Wildman–Crippen LogP) is 1.44. The molecule has 7 nitrogen and oxygen atoms in total. The van der Waals surface area contributed by atoms with Crippen LogP contribution in [0.25, 0.3) is 0 Å². The number of amides is 1. The number of aryl methyl sites for hydroxylation is 2. The molecule has 2 N–H and O–H groups in total. The molecule has 3 rings (SSSR count). The number of nitrogens with two attached hydrogens (primary N) is 1. The lowest BCUT2D eigenvalue weighted by molar-refractivity contribution is -0.133. The van der Waals surface area contributed by atoms with Crippen LogP contribution in [0.5, 0.6) is 0 Å². The molecule has 1 aliphatic rings. The summed E-state index contributed by atoms with van der Waals surface area (Å²) in [7, 11) is 0. The molecule has 24 heavy (non-hydrogen) atoms. The first-order valence-corrected chi connectivity index (χ1v) is 8.45. The highest BCUT2D eigenvalue weighted by atomic mass is 16.2. The molecule has 0 aliphatic carbocycles. The zero-order valence-electron chi connectivity index (χ0n) is 14.1. The number of aromatic nitrogens is 4. The van der Waals surface area contributed by atoms with Crippen molar-refractivity contribution in [3.05, 3.63) is 36.0 Å². The number of piperidine rings is 1. The maximum absolute atomic E-state index is 12.5. The zero-order valence-corrected chi connectivity index (χ0v) is 14.1. The third kappa shape index (κ3) is 4.10.